The Bertz CT molecular complexity index is 1210. The van der Waals surface area contributed by atoms with Gasteiger partial charge in [-0.3, -0.25) is 4.90 Å². The number of methoxy groups -OCH3 is 1. The molecule has 0 spiro atoms. The van der Waals surface area contributed by atoms with Crippen molar-refractivity contribution in [1.82, 2.24) is 20.4 Å². The Kier molecular flexibility index (Phi) is 7.45. The van der Waals surface area contributed by atoms with Gasteiger partial charge in [-0.15, -0.1) is 0 Å². The van der Waals surface area contributed by atoms with Crippen molar-refractivity contribution in [2.75, 3.05) is 20.3 Å². The topological polar surface area (TPSA) is 89.7 Å². The summed E-state index contributed by atoms with van der Waals surface area (Å²) in [5.74, 6) is 0.986. The van der Waals surface area contributed by atoms with Crippen LogP contribution in [0.4, 0.5) is 9.18 Å². The van der Waals surface area contributed by atoms with Gasteiger partial charge < -0.3 is 19.3 Å². The minimum Gasteiger partial charge on any atom is -0.497 e. The van der Waals surface area contributed by atoms with E-state index in [0.717, 1.165) is 5.56 Å². The van der Waals surface area contributed by atoms with E-state index in [1.165, 1.54) is 12.1 Å². The molecule has 0 fully saturated rings. The minimum absolute atomic E-state index is 0.119. The first-order valence-corrected chi connectivity index (χ1v) is 11.5. The van der Waals surface area contributed by atoms with Crippen LogP contribution in [0, 0.1) is 5.82 Å². The summed E-state index contributed by atoms with van der Waals surface area (Å²) in [6, 6.07) is 12.5. The van der Waals surface area contributed by atoms with Gasteiger partial charge in [-0.2, -0.15) is 4.98 Å². The van der Waals surface area contributed by atoms with Crippen LogP contribution in [-0.2, 0) is 4.74 Å². The number of carbonyl (C=O) groups is 1. The zero-order valence-corrected chi connectivity index (χ0v) is 20.2. The van der Waals surface area contributed by atoms with Gasteiger partial charge in [0.25, 0.3) is 5.89 Å². The molecular formula is C26H29FN4O4. The van der Waals surface area contributed by atoms with Crippen molar-refractivity contribution in [1.29, 1.82) is 0 Å². The highest BCUT2D eigenvalue weighted by molar-refractivity contribution is 5.86. The molecule has 2 amide bonds. The van der Waals surface area contributed by atoms with Crippen molar-refractivity contribution in [2.45, 2.75) is 39.3 Å². The number of carbonyl (C=O) groups excluding carboxylic acids is 1. The summed E-state index contributed by atoms with van der Waals surface area (Å²) in [5, 5.41) is 7.18. The van der Waals surface area contributed by atoms with E-state index in [-0.39, 0.29) is 23.8 Å². The Morgan fingerprint density at radius 2 is 1.97 bits per heavy atom. The monoisotopic (exact) mass is 480 g/mol. The molecule has 3 aromatic rings. The van der Waals surface area contributed by atoms with E-state index in [0.29, 0.717) is 48.0 Å². The molecule has 0 radical (unpaired) electrons. The maximum atomic E-state index is 13.6. The highest BCUT2D eigenvalue weighted by Gasteiger charge is 2.35. The summed E-state index contributed by atoms with van der Waals surface area (Å²) in [4.78, 5) is 19.3. The fourth-order valence-corrected chi connectivity index (χ4v) is 3.99. The van der Waals surface area contributed by atoms with Gasteiger partial charge in [0, 0.05) is 24.4 Å². The number of amides is 2. The highest BCUT2D eigenvalue weighted by atomic mass is 19.1. The van der Waals surface area contributed by atoms with E-state index < -0.39 is 6.04 Å². The number of allylic oxidation sites excluding steroid dienone is 1. The van der Waals surface area contributed by atoms with Crippen molar-refractivity contribution in [3.63, 3.8) is 0 Å². The fourth-order valence-electron chi connectivity index (χ4n) is 3.99. The number of hydrogen-bond donors (Lipinski definition) is 1. The summed E-state index contributed by atoms with van der Waals surface area (Å²) < 4.78 is 30.2. The second-order valence-electron chi connectivity index (χ2n) is 8.51. The van der Waals surface area contributed by atoms with E-state index in [1.807, 2.05) is 45.0 Å². The van der Waals surface area contributed by atoms with Crippen LogP contribution >= 0.6 is 0 Å². The molecule has 35 heavy (non-hydrogen) atoms. The quantitative estimate of drug-likeness (QED) is 0.424. The molecule has 2 heterocycles. The Morgan fingerprint density at radius 1 is 1.20 bits per heavy atom. The maximum Gasteiger partial charge on any atom is 0.322 e. The normalized spacial score (nSPS) is 16.1. The molecule has 1 atom stereocenters. The molecule has 2 aromatic carbocycles. The van der Waals surface area contributed by atoms with Crippen LogP contribution in [0.1, 0.15) is 44.7 Å². The van der Waals surface area contributed by atoms with Crippen LogP contribution in [0.2, 0.25) is 0 Å². The van der Waals surface area contributed by atoms with Crippen molar-refractivity contribution in [3.8, 4) is 17.1 Å². The number of ether oxygens (including phenoxy) is 2. The van der Waals surface area contributed by atoms with Gasteiger partial charge in [0.05, 0.1) is 24.8 Å². The number of urea groups is 1. The number of halogens is 1. The number of nitrogens with zero attached hydrogens (tertiary/aromatic N) is 3. The second-order valence-corrected chi connectivity index (χ2v) is 8.51. The fraction of sp³-hybridized carbons (Fsp3) is 0.346. The molecule has 1 aliphatic heterocycles. The lowest BCUT2D eigenvalue weighted by atomic mass is 9.94. The SMILES string of the molecule is COc1cccc(-c2noc(C3=C(C)N(CCCOC(C)C)C(=O)NC3c3ccc(F)cc3)n2)c1. The summed E-state index contributed by atoms with van der Waals surface area (Å²) in [6.07, 6.45) is 0.782. The van der Waals surface area contributed by atoms with Gasteiger partial charge in [0.1, 0.15) is 11.6 Å². The van der Waals surface area contributed by atoms with Crippen LogP contribution in [0.5, 0.6) is 5.75 Å². The zero-order valence-electron chi connectivity index (χ0n) is 20.2. The lowest BCUT2D eigenvalue weighted by Gasteiger charge is -2.35. The predicted octanol–water partition coefficient (Wildman–Crippen LogP) is 5.20. The molecule has 0 saturated heterocycles. The smallest absolute Gasteiger partial charge is 0.322 e. The van der Waals surface area contributed by atoms with Crippen LogP contribution in [0.25, 0.3) is 17.0 Å². The molecule has 4 rings (SSSR count). The molecule has 9 heteroatoms. The van der Waals surface area contributed by atoms with Gasteiger partial charge in [-0.25, -0.2) is 9.18 Å². The molecule has 1 N–H and O–H groups in total. The Balaban J connectivity index is 1.71. The number of rotatable bonds is 9. The molecule has 0 aliphatic carbocycles. The molecule has 1 aliphatic rings. The number of hydrogen-bond acceptors (Lipinski definition) is 6. The average Bonchev–Trinajstić information content (AvgIpc) is 3.33. The molecule has 1 unspecified atom stereocenters. The van der Waals surface area contributed by atoms with Crippen molar-refractivity contribution in [2.24, 2.45) is 0 Å². The lowest BCUT2D eigenvalue weighted by molar-refractivity contribution is 0.0736. The summed E-state index contributed by atoms with van der Waals surface area (Å²) in [7, 11) is 1.59. The molecule has 1 aromatic heterocycles. The van der Waals surface area contributed by atoms with Crippen LogP contribution in [0.3, 0.4) is 0 Å². The zero-order chi connectivity index (χ0) is 24.9. The Morgan fingerprint density at radius 3 is 2.69 bits per heavy atom. The van der Waals surface area contributed by atoms with Gasteiger partial charge >= 0.3 is 6.03 Å². The summed E-state index contributed by atoms with van der Waals surface area (Å²) >= 11 is 0. The highest BCUT2D eigenvalue weighted by Crippen LogP contribution is 2.37. The van der Waals surface area contributed by atoms with Gasteiger partial charge in [-0.05, 0) is 57.0 Å². The third kappa shape index (κ3) is 5.51. The number of nitrogens with one attached hydrogen (secondary N) is 1. The standard InChI is InChI=1S/C26H29FN4O4/c1-16(2)34-14-6-13-31-17(3)22(23(28-26(31)32)18-9-11-20(27)12-10-18)25-29-24(30-35-25)19-7-5-8-21(15-19)33-4/h5,7-12,15-16,23H,6,13-14H2,1-4H3,(H,28,32). The van der Waals surface area contributed by atoms with E-state index in [9.17, 15) is 9.18 Å². The minimum atomic E-state index is -0.579. The summed E-state index contributed by atoms with van der Waals surface area (Å²) in [6.45, 7) is 6.79. The van der Waals surface area contributed by atoms with E-state index in [1.54, 1.807) is 24.1 Å². The van der Waals surface area contributed by atoms with Crippen LogP contribution in [0.15, 0.2) is 58.8 Å². The van der Waals surface area contributed by atoms with Crippen molar-refractivity contribution < 1.29 is 23.2 Å². The Hall–Kier alpha value is -3.72. The second kappa shape index (κ2) is 10.7. The Labute approximate surface area is 203 Å². The van der Waals surface area contributed by atoms with Gasteiger partial charge in [-0.1, -0.05) is 29.4 Å². The number of benzene rings is 2. The average molecular weight is 481 g/mol. The molecule has 184 valence electrons. The maximum absolute atomic E-state index is 13.6. The first-order chi connectivity index (χ1) is 16.9. The van der Waals surface area contributed by atoms with Gasteiger partial charge in [0.2, 0.25) is 5.82 Å². The predicted molar refractivity (Wildman–Crippen MR) is 129 cm³/mol. The van der Waals surface area contributed by atoms with Crippen molar-refractivity contribution in [3.05, 3.63) is 71.5 Å². The third-order valence-electron chi connectivity index (χ3n) is 5.76. The van der Waals surface area contributed by atoms with E-state index in [2.05, 4.69) is 15.5 Å². The first kappa shape index (κ1) is 24.4. The molecule has 8 nitrogen and oxygen atoms in total. The molecule has 0 bridgehead atoms. The summed E-state index contributed by atoms with van der Waals surface area (Å²) in [5.41, 5.74) is 2.78. The number of aromatic nitrogens is 2. The third-order valence-corrected chi connectivity index (χ3v) is 5.76. The molecular weight excluding hydrogens is 451 g/mol. The van der Waals surface area contributed by atoms with Crippen LogP contribution < -0.4 is 10.1 Å². The molecule has 0 saturated carbocycles. The first-order valence-electron chi connectivity index (χ1n) is 11.5. The van der Waals surface area contributed by atoms with Crippen LogP contribution in [-0.4, -0.2) is 47.4 Å². The largest absolute Gasteiger partial charge is 0.497 e. The van der Waals surface area contributed by atoms with E-state index >= 15 is 0 Å². The van der Waals surface area contributed by atoms with Crippen molar-refractivity contribution >= 4 is 11.6 Å². The van der Waals surface area contributed by atoms with Gasteiger partial charge in [0.15, 0.2) is 0 Å². The lowest BCUT2D eigenvalue weighted by Crippen LogP contribution is -2.46. The van der Waals surface area contributed by atoms with E-state index in [4.69, 9.17) is 14.0 Å².